The van der Waals surface area contributed by atoms with Gasteiger partial charge in [-0.25, -0.2) is 4.79 Å². The molecule has 2 aromatic rings. The van der Waals surface area contributed by atoms with Gasteiger partial charge in [-0.3, -0.25) is 9.78 Å². The Balaban J connectivity index is 2.04. The number of aromatic nitrogens is 1. The van der Waals surface area contributed by atoms with E-state index >= 15 is 0 Å². The minimum Gasteiger partial charge on any atom is -0.497 e. The minimum absolute atomic E-state index is 0.204. The Hall–Kier alpha value is -3.09. The number of pyridine rings is 1. The topological polar surface area (TPSA) is 86.8 Å². The van der Waals surface area contributed by atoms with Gasteiger partial charge >= 0.3 is 5.97 Å². The van der Waals surface area contributed by atoms with E-state index in [1.807, 2.05) is 6.07 Å². The van der Waals surface area contributed by atoms with Crippen LogP contribution in [0, 0.1) is 0 Å². The monoisotopic (exact) mass is 330 g/mol. The van der Waals surface area contributed by atoms with Crippen molar-refractivity contribution in [2.75, 3.05) is 21.3 Å². The summed E-state index contributed by atoms with van der Waals surface area (Å²) in [7, 11) is 4.40. The average molecular weight is 330 g/mol. The molecule has 0 bridgehead atoms. The summed E-state index contributed by atoms with van der Waals surface area (Å²) in [5, 5.41) is 2.75. The summed E-state index contributed by atoms with van der Waals surface area (Å²) < 4.78 is 15.0. The van der Waals surface area contributed by atoms with Gasteiger partial charge in [0.2, 0.25) is 0 Å². The molecule has 0 aliphatic heterocycles. The number of carbonyl (C=O) groups excluding carboxylic acids is 2. The first kappa shape index (κ1) is 17.3. The predicted molar refractivity (Wildman–Crippen MR) is 86.3 cm³/mol. The highest BCUT2D eigenvalue weighted by Gasteiger charge is 2.12. The van der Waals surface area contributed by atoms with E-state index in [0.717, 1.165) is 5.56 Å². The molecule has 126 valence electrons. The van der Waals surface area contributed by atoms with Crippen LogP contribution in [0.4, 0.5) is 0 Å². The zero-order valence-electron chi connectivity index (χ0n) is 13.7. The SMILES string of the molecule is COC(=O)c1ccc(C(=O)NCc2ccc(OC)cc2OC)nc1. The van der Waals surface area contributed by atoms with E-state index in [9.17, 15) is 9.59 Å². The van der Waals surface area contributed by atoms with Crippen molar-refractivity contribution in [1.29, 1.82) is 0 Å². The van der Waals surface area contributed by atoms with Gasteiger partial charge in [-0.2, -0.15) is 0 Å². The Morgan fingerprint density at radius 2 is 1.88 bits per heavy atom. The van der Waals surface area contributed by atoms with Gasteiger partial charge in [-0.1, -0.05) is 0 Å². The van der Waals surface area contributed by atoms with Crippen molar-refractivity contribution in [3.8, 4) is 11.5 Å². The van der Waals surface area contributed by atoms with Crippen molar-refractivity contribution in [3.05, 3.63) is 53.3 Å². The van der Waals surface area contributed by atoms with Crippen LogP contribution in [0.1, 0.15) is 26.4 Å². The second-order valence-corrected chi connectivity index (χ2v) is 4.78. The highest BCUT2D eigenvalue weighted by atomic mass is 16.5. The maximum absolute atomic E-state index is 12.1. The average Bonchev–Trinajstić information content (AvgIpc) is 2.65. The summed E-state index contributed by atoms with van der Waals surface area (Å²) in [6.45, 7) is 0.270. The van der Waals surface area contributed by atoms with E-state index in [1.54, 1.807) is 26.4 Å². The van der Waals surface area contributed by atoms with E-state index in [2.05, 4.69) is 15.0 Å². The van der Waals surface area contributed by atoms with E-state index in [0.29, 0.717) is 11.5 Å². The summed E-state index contributed by atoms with van der Waals surface area (Å²) in [5.74, 6) is 0.423. The Kier molecular flexibility index (Phi) is 5.73. The van der Waals surface area contributed by atoms with Crippen molar-refractivity contribution < 1.29 is 23.8 Å². The smallest absolute Gasteiger partial charge is 0.339 e. The minimum atomic E-state index is -0.502. The molecule has 0 unspecified atom stereocenters. The number of ether oxygens (including phenoxy) is 3. The van der Waals surface area contributed by atoms with E-state index < -0.39 is 5.97 Å². The molecule has 24 heavy (non-hydrogen) atoms. The van der Waals surface area contributed by atoms with Crippen LogP contribution < -0.4 is 14.8 Å². The molecule has 1 N–H and O–H groups in total. The van der Waals surface area contributed by atoms with E-state index in [1.165, 1.54) is 25.4 Å². The lowest BCUT2D eigenvalue weighted by atomic mass is 10.2. The zero-order valence-corrected chi connectivity index (χ0v) is 13.7. The molecule has 1 aromatic heterocycles. The van der Waals surface area contributed by atoms with Crippen LogP contribution in [0.5, 0.6) is 11.5 Å². The van der Waals surface area contributed by atoms with Crippen molar-refractivity contribution in [3.63, 3.8) is 0 Å². The lowest BCUT2D eigenvalue weighted by Gasteiger charge is -2.11. The Morgan fingerprint density at radius 3 is 2.46 bits per heavy atom. The molecule has 2 rings (SSSR count). The molecule has 7 heteroatoms. The van der Waals surface area contributed by atoms with Gasteiger partial charge in [0, 0.05) is 24.4 Å². The molecule has 0 radical (unpaired) electrons. The molecule has 0 spiro atoms. The van der Waals surface area contributed by atoms with Crippen LogP contribution in [0.15, 0.2) is 36.5 Å². The largest absolute Gasteiger partial charge is 0.497 e. The normalized spacial score (nSPS) is 9.96. The number of carbonyl (C=O) groups is 2. The van der Waals surface area contributed by atoms with Gasteiger partial charge in [0.25, 0.3) is 5.91 Å². The molecule has 7 nitrogen and oxygen atoms in total. The number of hydrogen-bond acceptors (Lipinski definition) is 6. The molecule has 1 amide bonds. The third-order valence-corrected chi connectivity index (χ3v) is 3.35. The Bertz CT molecular complexity index is 728. The third kappa shape index (κ3) is 4.01. The fourth-order valence-electron chi connectivity index (χ4n) is 2.03. The first-order valence-corrected chi connectivity index (χ1v) is 7.12. The van der Waals surface area contributed by atoms with E-state index in [-0.39, 0.29) is 23.7 Å². The number of amides is 1. The quantitative estimate of drug-likeness (QED) is 0.813. The van der Waals surface area contributed by atoms with Crippen molar-refractivity contribution in [1.82, 2.24) is 10.3 Å². The third-order valence-electron chi connectivity index (χ3n) is 3.35. The predicted octanol–water partition coefficient (Wildman–Crippen LogP) is 1.82. The Morgan fingerprint density at radius 1 is 1.08 bits per heavy atom. The molecule has 1 heterocycles. The number of nitrogens with zero attached hydrogens (tertiary/aromatic N) is 1. The summed E-state index contributed by atoms with van der Waals surface area (Å²) in [5.41, 5.74) is 1.29. The van der Waals surface area contributed by atoms with Crippen LogP contribution >= 0.6 is 0 Å². The zero-order chi connectivity index (χ0) is 17.5. The van der Waals surface area contributed by atoms with Crippen LogP contribution in [0.2, 0.25) is 0 Å². The van der Waals surface area contributed by atoms with Gasteiger partial charge in [0.05, 0.1) is 26.9 Å². The van der Waals surface area contributed by atoms with E-state index in [4.69, 9.17) is 9.47 Å². The molecule has 0 saturated carbocycles. The van der Waals surface area contributed by atoms with Crippen molar-refractivity contribution in [2.24, 2.45) is 0 Å². The summed E-state index contributed by atoms with van der Waals surface area (Å²) in [6.07, 6.45) is 1.30. The molecule has 0 aliphatic carbocycles. The fourth-order valence-corrected chi connectivity index (χ4v) is 2.03. The first-order chi connectivity index (χ1) is 11.6. The van der Waals surface area contributed by atoms with Crippen LogP contribution in [0.25, 0.3) is 0 Å². The molecule has 1 aromatic carbocycles. The van der Waals surface area contributed by atoms with Crippen LogP contribution in [0.3, 0.4) is 0 Å². The molecule has 0 aliphatic rings. The standard InChI is InChI=1S/C17H18N2O5/c1-22-13-6-4-11(15(8-13)23-2)9-19-16(20)14-7-5-12(10-18-14)17(21)24-3/h4-8,10H,9H2,1-3H3,(H,19,20). The maximum atomic E-state index is 12.1. The number of rotatable bonds is 6. The lowest BCUT2D eigenvalue weighted by molar-refractivity contribution is 0.0599. The number of methoxy groups -OCH3 is 3. The molecule has 0 fully saturated rings. The second-order valence-electron chi connectivity index (χ2n) is 4.78. The van der Waals surface area contributed by atoms with Gasteiger partial charge in [-0.15, -0.1) is 0 Å². The van der Waals surface area contributed by atoms with Gasteiger partial charge in [0.1, 0.15) is 17.2 Å². The van der Waals surface area contributed by atoms with Crippen molar-refractivity contribution in [2.45, 2.75) is 6.54 Å². The molecular formula is C17H18N2O5. The number of esters is 1. The summed E-state index contributed by atoms with van der Waals surface area (Å²) >= 11 is 0. The maximum Gasteiger partial charge on any atom is 0.339 e. The highest BCUT2D eigenvalue weighted by Crippen LogP contribution is 2.24. The summed E-state index contributed by atoms with van der Waals surface area (Å²) in [6, 6.07) is 8.29. The number of nitrogens with one attached hydrogen (secondary N) is 1. The number of hydrogen-bond donors (Lipinski definition) is 1. The van der Waals surface area contributed by atoms with Crippen LogP contribution in [-0.4, -0.2) is 38.2 Å². The van der Waals surface area contributed by atoms with Gasteiger partial charge in [0.15, 0.2) is 0 Å². The molecule has 0 atom stereocenters. The Labute approximate surface area is 139 Å². The highest BCUT2D eigenvalue weighted by molar-refractivity contribution is 5.94. The van der Waals surface area contributed by atoms with Gasteiger partial charge < -0.3 is 19.5 Å². The molecular weight excluding hydrogens is 312 g/mol. The lowest BCUT2D eigenvalue weighted by Crippen LogP contribution is -2.24. The van der Waals surface area contributed by atoms with Gasteiger partial charge in [-0.05, 0) is 24.3 Å². The second kappa shape index (κ2) is 7.96. The first-order valence-electron chi connectivity index (χ1n) is 7.12. The fraction of sp³-hybridized carbons (Fsp3) is 0.235. The summed E-state index contributed by atoms with van der Waals surface area (Å²) in [4.78, 5) is 27.4. The molecule has 0 saturated heterocycles. The number of benzene rings is 1. The van der Waals surface area contributed by atoms with Crippen LogP contribution in [-0.2, 0) is 11.3 Å². The van der Waals surface area contributed by atoms with Crippen molar-refractivity contribution >= 4 is 11.9 Å².